The molecule has 0 unspecified atom stereocenters. The van der Waals surface area contributed by atoms with Crippen LogP contribution < -0.4 is 19.8 Å². The predicted molar refractivity (Wildman–Crippen MR) is 136 cm³/mol. The van der Waals surface area contributed by atoms with E-state index in [1.165, 1.54) is 6.21 Å². The SMILES string of the molecule is CCOc1cc(/C=N\NC(=O)[C@@H]2CC(=O)N(c3ccccc3)C2)ccc1OCc1ccc(Cl)cc1. The number of nitrogens with one attached hydrogen (secondary N) is 1. The van der Waals surface area contributed by atoms with Crippen LogP contribution >= 0.6 is 11.6 Å². The fraction of sp³-hybridized carbons (Fsp3) is 0.222. The van der Waals surface area contributed by atoms with Gasteiger partial charge in [0.2, 0.25) is 11.8 Å². The largest absolute Gasteiger partial charge is 0.490 e. The van der Waals surface area contributed by atoms with E-state index in [-0.39, 0.29) is 18.2 Å². The Morgan fingerprint density at radius 1 is 1.09 bits per heavy atom. The molecule has 1 fully saturated rings. The van der Waals surface area contributed by atoms with Crippen molar-refractivity contribution in [1.29, 1.82) is 0 Å². The highest BCUT2D eigenvalue weighted by Gasteiger charge is 2.35. The Morgan fingerprint density at radius 2 is 1.86 bits per heavy atom. The van der Waals surface area contributed by atoms with Gasteiger partial charge in [-0.1, -0.05) is 41.9 Å². The van der Waals surface area contributed by atoms with Crippen LogP contribution in [0.15, 0.2) is 77.9 Å². The summed E-state index contributed by atoms with van der Waals surface area (Å²) in [5.41, 5.74) is 5.07. The maximum atomic E-state index is 12.6. The molecule has 0 aromatic heterocycles. The number of halogens is 1. The number of nitrogens with zero attached hydrogens (tertiary/aromatic N) is 2. The van der Waals surface area contributed by atoms with Crippen molar-refractivity contribution in [3.05, 3.63) is 88.9 Å². The fourth-order valence-electron chi connectivity index (χ4n) is 3.74. The minimum Gasteiger partial charge on any atom is -0.490 e. The van der Waals surface area contributed by atoms with Gasteiger partial charge in [0.1, 0.15) is 6.61 Å². The molecule has 0 saturated carbocycles. The highest BCUT2D eigenvalue weighted by molar-refractivity contribution is 6.30. The maximum Gasteiger partial charge on any atom is 0.245 e. The van der Waals surface area contributed by atoms with Crippen molar-refractivity contribution in [2.45, 2.75) is 20.0 Å². The summed E-state index contributed by atoms with van der Waals surface area (Å²) in [6, 6.07) is 22.2. The Morgan fingerprint density at radius 3 is 2.60 bits per heavy atom. The van der Waals surface area contributed by atoms with Gasteiger partial charge < -0.3 is 14.4 Å². The molecule has 1 N–H and O–H groups in total. The number of anilines is 1. The molecule has 1 aliphatic rings. The van der Waals surface area contributed by atoms with E-state index < -0.39 is 5.92 Å². The highest BCUT2D eigenvalue weighted by atomic mass is 35.5. The van der Waals surface area contributed by atoms with Crippen molar-refractivity contribution < 1.29 is 19.1 Å². The molecule has 1 saturated heterocycles. The minimum atomic E-state index is -0.456. The van der Waals surface area contributed by atoms with Gasteiger partial charge in [0.05, 0.1) is 18.7 Å². The summed E-state index contributed by atoms with van der Waals surface area (Å²) in [5.74, 6) is 0.365. The van der Waals surface area contributed by atoms with Crippen molar-refractivity contribution in [2.75, 3.05) is 18.1 Å². The molecule has 1 atom stereocenters. The van der Waals surface area contributed by atoms with Gasteiger partial charge in [0.25, 0.3) is 0 Å². The van der Waals surface area contributed by atoms with Gasteiger partial charge in [0.15, 0.2) is 11.5 Å². The predicted octanol–water partition coefficient (Wildman–Crippen LogP) is 4.82. The van der Waals surface area contributed by atoms with Gasteiger partial charge in [-0.15, -0.1) is 0 Å². The lowest BCUT2D eigenvalue weighted by Gasteiger charge is -2.16. The second-order valence-corrected chi connectivity index (χ2v) is 8.47. The molecule has 0 spiro atoms. The topological polar surface area (TPSA) is 80.2 Å². The lowest BCUT2D eigenvalue weighted by atomic mass is 10.1. The highest BCUT2D eigenvalue weighted by Crippen LogP contribution is 2.29. The van der Waals surface area contributed by atoms with Crippen LogP contribution in [-0.4, -0.2) is 31.2 Å². The van der Waals surface area contributed by atoms with Gasteiger partial charge >= 0.3 is 0 Å². The summed E-state index contributed by atoms with van der Waals surface area (Å²) >= 11 is 5.93. The van der Waals surface area contributed by atoms with Crippen LogP contribution in [0.4, 0.5) is 5.69 Å². The quantitative estimate of drug-likeness (QED) is 0.344. The third-order valence-electron chi connectivity index (χ3n) is 5.53. The zero-order chi connectivity index (χ0) is 24.6. The van der Waals surface area contributed by atoms with Crippen molar-refractivity contribution in [3.8, 4) is 11.5 Å². The molecule has 1 heterocycles. The van der Waals surface area contributed by atoms with Crippen molar-refractivity contribution >= 4 is 35.3 Å². The average molecular weight is 492 g/mol. The van der Waals surface area contributed by atoms with Gasteiger partial charge in [-0.2, -0.15) is 5.10 Å². The summed E-state index contributed by atoms with van der Waals surface area (Å²) in [6.07, 6.45) is 1.69. The van der Waals surface area contributed by atoms with E-state index in [0.29, 0.717) is 36.3 Å². The van der Waals surface area contributed by atoms with Crippen LogP contribution in [0.2, 0.25) is 5.02 Å². The van der Waals surface area contributed by atoms with Crippen molar-refractivity contribution in [2.24, 2.45) is 11.0 Å². The molecule has 35 heavy (non-hydrogen) atoms. The summed E-state index contributed by atoms with van der Waals surface area (Å²) in [4.78, 5) is 26.5. The van der Waals surface area contributed by atoms with E-state index in [9.17, 15) is 9.59 Å². The Labute approximate surface area is 209 Å². The number of carbonyl (C=O) groups is 2. The molecule has 3 aromatic carbocycles. The van der Waals surface area contributed by atoms with Gasteiger partial charge in [-0.05, 0) is 60.5 Å². The lowest BCUT2D eigenvalue weighted by Crippen LogP contribution is -2.30. The van der Waals surface area contributed by atoms with E-state index in [2.05, 4.69) is 10.5 Å². The lowest BCUT2D eigenvalue weighted by molar-refractivity contribution is -0.126. The summed E-state index contributed by atoms with van der Waals surface area (Å²) in [5, 5.41) is 4.75. The average Bonchev–Trinajstić information content (AvgIpc) is 3.27. The van der Waals surface area contributed by atoms with E-state index in [4.69, 9.17) is 21.1 Å². The van der Waals surface area contributed by atoms with E-state index in [1.54, 1.807) is 17.0 Å². The second kappa shape index (κ2) is 11.5. The van der Waals surface area contributed by atoms with Crippen LogP contribution in [0.3, 0.4) is 0 Å². The Hall–Kier alpha value is -3.84. The van der Waals surface area contributed by atoms with Crippen molar-refractivity contribution in [1.82, 2.24) is 5.43 Å². The second-order valence-electron chi connectivity index (χ2n) is 8.03. The summed E-state index contributed by atoms with van der Waals surface area (Å²) in [7, 11) is 0. The molecule has 0 aliphatic carbocycles. The van der Waals surface area contributed by atoms with E-state index >= 15 is 0 Å². The minimum absolute atomic E-state index is 0.0733. The molecular formula is C27H26ClN3O4. The Balaban J connectivity index is 1.35. The first-order chi connectivity index (χ1) is 17.0. The van der Waals surface area contributed by atoms with E-state index in [0.717, 1.165) is 16.8 Å². The normalized spacial score (nSPS) is 15.4. The van der Waals surface area contributed by atoms with Gasteiger partial charge in [-0.3, -0.25) is 9.59 Å². The van der Waals surface area contributed by atoms with Crippen molar-refractivity contribution in [3.63, 3.8) is 0 Å². The van der Waals surface area contributed by atoms with Gasteiger partial charge in [0, 0.05) is 23.7 Å². The zero-order valence-electron chi connectivity index (χ0n) is 19.3. The molecule has 0 radical (unpaired) electrons. The number of hydrogen-bond acceptors (Lipinski definition) is 5. The van der Waals surface area contributed by atoms with Crippen LogP contribution in [-0.2, 0) is 16.2 Å². The third-order valence-corrected chi connectivity index (χ3v) is 5.78. The number of ether oxygens (including phenoxy) is 2. The molecule has 180 valence electrons. The molecule has 4 rings (SSSR count). The first-order valence-corrected chi connectivity index (χ1v) is 11.7. The number of rotatable bonds is 9. The fourth-order valence-corrected chi connectivity index (χ4v) is 3.86. The van der Waals surface area contributed by atoms with Crippen LogP contribution in [0.1, 0.15) is 24.5 Å². The third kappa shape index (κ3) is 6.39. The molecular weight excluding hydrogens is 466 g/mol. The van der Waals surface area contributed by atoms with Crippen LogP contribution in [0.25, 0.3) is 0 Å². The maximum absolute atomic E-state index is 12.6. The smallest absolute Gasteiger partial charge is 0.245 e. The first-order valence-electron chi connectivity index (χ1n) is 11.4. The number of carbonyl (C=O) groups excluding carboxylic acids is 2. The molecule has 0 bridgehead atoms. The Bertz CT molecular complexity index is 1200. The summed E-state index contributed by atoms with van der Waals surface area (Å²) in [6.45, 7) is 3.08. The number of amides is 2. The summed E-state index contributed by atoms with van der Waals surface area (Å²) < 4.78 is 11.6. The van der Waals surface area contributed by atoms with Crippen LogP contribution in [0.5, 0.6) is 11.5 Å². The standard InChI is InChI=1S/C27H26ClN3O4/c1-2-34-25-14-20(10-13-24(25)35-18-19-8-11-22(28)12-9-19)16-29-30-27(33)21-15-26(32)31(17-21)23-6-4-3-5-7-23/h3-14,16,21H,2,15,17-18H2,1H3,(H,30,33)/b29-16-/t21-/m1/s1. The molecule has 7 nitrogen and oxygen atoms in total. The first kappa shape index (κ1) is 24.3. The molecule has 2 amide bonds. The van der Waals surface area contributed by atoms with E-state index in [1.807, 2.05) is 67.6 Å². The van der Waals surface area contributed by atoms with Crippen LogP contribution in [0, 0.1) is 5.92 Å². The Kier molecular flexibility index (Phi) is 8.00. The molecule has 8 heteroatoms. The zero-order valence-corrected chi connectivity index (χ0v) is 20.1. The molecule has 3 aromatic rings. The number of benzene rings is 3. The number of hydrogen-bond donors (Lipinski definition) is 1. The monoisotopic (exact) mass is 491 g/mol. The van der Waals surface area contributed by atoms with Gasteiger partial charge in [-0.25, -0.2) is 5.43 Å². The number of hydrazone groups is 1. The molecule has 1 aliphatic heterocycles. The number of para-hydroxylation sites is 1.